The molecular formula is C83H49F3N8. The Bertz CT molecular complexity index is 5470. The van der Waals surface area contributed by atoms with Crippen LogP contribution in [0.1, 0.15) is 5.56 Å². The lowest BCUT2D eigenvalue weighted by atomic mass is 9.94. The van der Waals surface area contributed by atoms with Crippen LogP contribution in [-0.4, -0.2) is 29.1 Å². The van der Waals surface area contributed by atoms with E-state index in [0.29, 0.717) is 11.4 Å². The molecule has 11 heteroatoms. The van der Waals surface area contributed by atoms with E-state index < -0.39 is 11.7 Å². The number of alkyl halides is 3. The van der Waals surface area contributed by atoms with E-state index in [1.807, 2.05) is 146 Å². The molecule has 0 radical (unpaired) electrons. The molecule has 10 aromatic carbocycles. The van der Waals surface area contributed by atoms with E-state index in [4.69, 9.17) is 33.1 Å². The summed E-state index contributed by atoms with van der Waals surface area (Å²) in [5, 5.41) is 3.42. The van der Waals surface area contributed by atoms with Gasteiger partial charge in [0.15, 0.2) is 11.4 Å². The number of aromatic nitrogens is 6. The molecule has 0 saturated heterocycles. The molecular weight excluding hydrogens is 1170 g/mol. The Balaban J connectivity index is 1.03. The quantitative estimate of drug-likeness (QED) is 0.121. The van der Waals surface area contributed by atoms with E-state index in [9.17, 15) is 0 Å². The predicted molar refractivity (Wildman–Crippen MR) is 373 cm³/mol. The van der Waals surface area contributed by atoms with Crippen LogP contribution in [0, 0.1) is 13.1 Å². The average Bonchev–Trinajstić information content (AvgIpc) is 1.53. The minimum atomic E-state index is -4.89. The number of hydrogen-bond acceptors (Lipinski definition) is 4. The molecule has 0 unspecified atom stereocenters. The molecule has 16 aromatic rings. The first-order valence-corrected chi connectivity index (χ1v) is 30.5. The Morgan fingerprint density at radius 2 is 0.606 bits per heavy atom. The first kappa shape index (κ1) is 56.4. The topological polar surface area (TPSA) is 70.1 Å². The summed E-state index contributed by atoms with van der Waals surface area (Å²) >= 11 is 0. The molecule has 0 spiro atoms. The van der Waals surface area contributed by atoms with Crippen LogP contribution < -0.4 is 0 Å². The Morgan fingerprint density at radius 3 is 0.915 bits per heavy atom. The van der Waals surface area contributed by atoms with Gasteiger partial charge in [0.25, 0.3) is 0 Å². The number of hydrogen-bond donors (Lipinski definition) is 0. The molecule has 0 aliphatic rings. The third kappa shape index (κ3) is 9.71. The van der Waals surface area contributed by atoms with Gasteiger partial charge < -0.3 is 9.13 Å². The lowest BCUT2D eigenvalue weighted by Gasteiger charge is -2.22. The van der Waals surface area contributed by atoms with Gasteiger partial charge in [0, 0.05) is 90.8 Å². The van der Waals surface area contributed by atoms with Gasteiger partial charge in [-0.25, -0.2) is 9.69 Å². The van der Waals surface area contributed by atoms with Gasteiger partial charge >= 0.3 is 6.18 Å². The van der Waals surface area contributed by atoms with E-state index in [2.05, 4.69) is 116 Å². The summed E-state index contributed by atoms with van der Waals surface area (Å²) in [7, 11) is 0. The second kappa shape index (κ2) is 23.2. The van der Waals surface area contributed by atoms with Gasteiger partial charge in [0.05, 0.1) is 74.9 Å². The lowest BCUT2D eigenvalue weighted by Crippen LogP contribution is -2.08. The molecule has 94 heavy (non-hydrogen) atoms. The normalized spacial score (nSPS) is 11.5. The van der Waals surface area contributed by atoms with Crippen molar-refractivity contribution >= 4 is 55.0 Å². The van der Waals surface area contributed by atoms with Crippen molar-refractivity contribution in [3.63, 3.8) is 0 Å². The highest BCUT2D eigenvalue weighted by molar-refractivity contribution is 6.15. The van der Waals surface area contributed by atoms with Crippen LogP contribution in [0.2, 0.25) is 0 Å². The Morgan fingerprint density at radius 1 is 0.287 bits per heavy atom. The van der Waals surface area contributed by atoms with Gasteiger partial charge in [-0.15, -0.1) is 0 Å². The van der Waals surface area contributed by atoms with Crippen LogP contribution in [-0.2, 0) is 6.18 Å². The molecule has 8 nitrogen and oxygen atoms in total. The van der Waals surface area contributed by atoms with Gasteiger partial charge in [0.1, 0.15) is 0 Å². The summed E-state index contributed by atoms with van der Waals surface area (Å²) in [5.74, 6) is 0. The van der Waals surface area contributed by atoms with Crippen molar-refractivity contribution in [1.29, 1.82) is 0 Å². The van der Waals surface area contributed by atoms with Gasteiger partial charge in [-0.3, -0.25) is 19.9 Å². The maximum absolute atomic E-state index is 15.7. The second-order valence-corrected chi connectivity index (χ2v) is 22.9. The molecule has 6 aromatic heterocycles. The van der Waals surface area contributed by atoms with Crippen molar-refractivity contribution in [2.24, 2.45) is 0 Å². The molecule has 442 valence electrons. The lowest BCUT2D eigenvalue weighted by molar-refractivity contribution is -0.137. The second-order valence-electron chi connectivity index (χ2n) is 22.9. The number of benzene rings is 10. The maximum Gasteiger partial charge on any atom is 0.415 e. The van der Waals surface area contributed by atoms with Gasteiger partial charge in [0.2, 0.25) is 0 Å². The number of pyridine rings is 4. The number of fused-ring (bicyclic) bond motifs is 6. The monoisotopic (exact) mass is 1210 g/mol. The van der Waals surface area contributed by atoms with Crippen LogP contribution in [0.25, 0.3) is 165 Å². The molecule has 0 atom stereocenters. The largest absolute Gasteiger partial charge is 0.415 e. The van der Waals surface area contributed by atoms with Crippen molar-refractivity contribution in [1.82, 2.24) is 29.1 Å². The van der Waals surface area contributed by atoms with Crippen LogP contribution >= 0.6 is 0 Å². The molecule has 0 fully saturated rings. The fraction of sp³-hybridized carbons (Fsp3) is 0.0120. The summed E-state index contributed by atoms with van der Waals surface area (Å²) in [6.45, 7) is 17.3. The first-order valence-electron chi connectivity index (χ1n) is 30.5. The van der Waals surface area contributed by atoms with Gasteiger partial charge in [-0.2, -0.15) is 13.2 Å². The third-order valence-electron chi connectivity index (χ3n) is 17.6. The molecule has 0 N–H and O–H groups in total. The fourth-order valence-electron chi connectivity index (χ4n) is 13.5. The van der Waals surface area contributed by atoms with Crippen molar-refractivity contribution in [3.05, 3.63) is 326 Å². The SMILES string of the molecule is [C-]#[N+]c1cc(-n2c3ccc(-c4cccnc4-c4ccccc4)cc3c3cc(-c4cccnc4-c4ccccc4)ccc32)c(-n2c3ccc(-c4cccnc4-c4ccccc4)cc3c3cc(-c4cccnc4-c4ccccc4)ccc32)cc1-c1c([N+]#[C-])cccc1C(F)(F)F. The zero-order valence-corrected chi connectivity index (χ0v) is 50.0. The number of halogens is 3. The van der Waals surface area contributed by atoms with E-state index >= 15 is 13.2 Å². The number of rotatable bonds is 11. The fourth-order valence-corrected chi connectivity index (χ4v) is 13.5. The standard InChI is InChI=1S/C83H49F3N8/c1-87-70-33-15-32-69(83(84,85)86)78(70)68-50-76(93-72-38-34-56(60-28-16-42-89-79(60)52-20-7-3-8-21-52)46-64(72)65-47-57(35-39-73(65)93)61-29-17-43-90-80(61)53-22-9-4-10-23-53)77(51-71(68)88-2)94-74-40-36-58(62-30-18-44-91-81(62)54-24-11-5-12-25-54)48-66(74)67-49-59(37-41-75(67)94)63-31-19-45-92-82(63)55-26-13-6-14-27-55/h3-51H. The van der Waals surface area contributed by atoms with Gasteiger partial charge in [-0.05, 0) is 118 Å². The van der Waals surface area contributed by atoms with E-state index in [-0.39, 0.29) is 22.5 Å². The Labute approximate surface area is 538 Å². The summed E-state index contributed by atoms with van der Waals surface area (Å²) in [6, 6.07) is 88.5. The van der Waals surface area contributed by atoms with Crippen LogP contribution in [0.3, 0.4) is 0 Å². The van der Waals surface area contributed by atoms with Crippen molar-refractivity contribution < 1.29 is 13.2 Å². The first-order chi connectivity index (χ1) is 46.2. The van der Waals surface area contributed by atoms with Gasteiger partial charge in [-0.1, -0.05) is 188 Å². The zero-order valence-electron chi connectivity index (χ0n) is 50.0. The minimum Gasteiger partial charge on any atom is -0.308 e. The molecule has 0 aliphatic carbocycles. The molecule has 0 amide bonds. The maximum atomic E-state index is 15.7. The van der Waals surface area contributed by atoms with Crippen LogP contribution in [0.15, 0.2) is 298 Å². The Hall–Kier alpha value is -12.8. The average molecular weight is 1220 g/mol. The van der Waals surface area contributed by atoms with E-state index in [0.717, 1.165) is 139 Å². The predicted octanol–water partition coefficient (Wildman–Crippen LogP) is 22.6. The van der Waals surface area contributed by atoms with Crippen molar-refractivity contribution in [2.45, 2.75) is 6.18 Å². The summed E-state index contributed by atoms with van der Waals surface area (Å²) in [5.41, 5.74) is 16.4. The number of nitrogens with zero attached hydrogens (tertiary/aromatic N) is 8. The van der Waals surface area contributed by atoms with E-state index in [1.165, 1.54) is 12.1 Å². The zero-order chi connectivity index (χ0) is 63.4. The summed E-state index contributed by atoms with van der Waals surface area (Å²) < 4.78 is 51.3. The molecule has 0 saturated carbocycles. The molecule has 0 aliphatic heterocycles. The summed E-state index contributed by atoms with van der Waals surface area (Å²) in [4.78, 5) is 27.5. The highest BCUT2D eigenvalue weighted by atomic mass is 19.4. The minimum absolute atomic E-state index is 0.0398. The van der Waals surface area contributed by atoms with E-state index in [1.54, 1.807) is 36.9 Å². The molecule has 6 heterocycles. The molecule has 0 bridgehead atoms. The summed E-state index contributed by atoms with van der Waals surface area (Å²) in [6.07, 6.45) is 2.29. The van der Waals surface area contributed by atoms with Crippen LogP contribution in [0.4, 0.5) is 24.5 Å². The highest BCUT2D eigenvalue weighted by Crippen LogP contribution is 2.51. The third-order valence-corrected chi connectivity index (χ3v) is 17.6. The van der Waals surface area contributed by atoms with Crippen LogP contribution in [0.5, 0.6) is 0 Å². The Kier molecular flexibility index (Phi) is 13.9. The van der Waals surface area contributed by atoms with Crippen molar-refractivity contribution in [2.75, 3.05) is 0 Å². The highest BCUT2D eigenvalue weighted by Gasteiger charge is 2.36. The molecule has 16 rings (SSSR count). The van der Waals surface area contributed by atoms with Crippen molar-refractivity contribution in [3.8, 4) is 112 Å². The smallest absolute Gasteiger partial charge is 0.308 e.